The summed E-state index contributed by atoms with van der Waals surface area (Å²) in [5, 5.41) is 3.73. The average Bonchev–Trinajstić information content (AvgIpc) is 2.86. The van der Waals surface area contributed by atoms with Crippen LogP contribution >= 0.6 is 0 Å². The monoisotopic (exact) mass is 329 g/mol. The molecule has 1 saturated carbocycles. The predicted octanol–water partition coefficient (Wildman–Crippen LogP) is 3.35. The molecule has 1 aliphatic rings. The summed E-state index contributed by atoms with van der Waals surface area (Å²) in [6.07, 6.45) is 9.33. The van der Waals surface area contributed by atoms with Gasteiger partial charge >= 0.3 is 5.97 Å². The third kappa shape index (κ3) is 4.08. The number of furan rings is 1. The average molecular weight is 329 g/mol. The lowest BCUT2D eigenvalue weighted by molar-refractivity contribution is -0.148. The largest absolute Gasteiger partial charge is 0.461 e. The van der Waals surface area contributed by atoms with Crippen molar-refractivity contribution in [2.75, 3.05) is 7.11 Å². The van der Waals surface area contributed by atoms with Crippen molar-refractivity contribution in [3.63, 3.8) is 0 Å². The van der Waals surface area contributed by atoms with Crippen molar-refractivity contribution in [2.24, 2.45) is 22.4 Å². The zero-order chi connectivity index (χ0) is 17.7. The summed E-state index contributed by atoms with van der Waals surface area (Å²) in [4.78, 5) is 17.0. The Labute approximate surface area is 142 Å². The molecule has 0 bridgehead atoms. The van der Waals surface area contributed by atoms with Crippen molar-refractivity contribution in [1.82, 2.24) is 0 Å². The van der Waals surface area contributed by atoms with Gasteiger partial charge in [-0.05, 0) is 36.0 Å². The van der Waals surface area contributed by atoms with E-state index in [0.717, 1.165) is 5.57 Å². The van der Waals surface area contributed by atoms with E-state index in [2.05, 4.69) is 29.8 Å². The maximum atomic E-state index is 12.3. The van der Waals surface area contributed by atoms with Gasteiger partial charge < -0.3 is 14.0 Å². The van der Waals surface area contributed by atoms with Gasteiger partial charge in [0.05, 0.1) is 18.6 Å². The second kappa shape index (κ2) is 7.39. The number of rotatable bonds is 7. The first-order valence-corrected chi connectivity index (χ1v) is 7.82. The van der Waals surface area contributed by atoms with Crippen LogP contribution in [0.5, 0.6) is 0 Å². The molecule has 5 nitrogen and oxygen atoms in total. The van der Waals surface area contributed by atoms with E-state index in [1.54, 1.807) is 18.3 Å². The van der Waals surface area contributed by atoms with Gasteiger partial charge in [0, 0.05) is 0 Å². The van der Waals surface area contributed by atoms with Crippen molar-refractivity contribution in [3.05, 3.63) is 35.3 Å². The third-order valence-corrected chi connectivity index (χ3v) is 4.32. The molecule has 0 aliphatic heterocycles. The summed E-state index contributed by atoms with van der Waals surface area (Å²) in [7, 11) is 1.49. The Balaban J connectivity index is 1.92. The molecule has 5 heteroatoms. The highest BCUT2D eigenvalue weighted by molar-refractivity contribution is 5.81. The van der Waals surface area contributed by atoms with Crippen LogP contribution < -0.4 is 0 Å². The van der Waals surface area contributed by atoms with Crippen LogP contribution in [-0.2, 0) is 27.4 Å². The zero-order valence-corrected chi connectivity index (χ0v) is 14.5. The predicted molar refractivity (Wildman–Crippen MR) is 91.1 cm³/mol. The summed E-state index contributed by atoms with van der Waals surface area (Å²) in [5.41, 5.74) is 0.826. The second-order valence-electron chi connectivity index (χ2n) is 6.51. The van der Waals surface area contributed by atoms with Crippen LogP contribution in [0.2, 0.25) is 0 Å². The first-order chi connectivity index (χ1) is 11.4. The van der Waals surface area contributed by atoms with Crippen LogP contribution in [0.1, 0.15) is 32.3 Å². The molecule has 1 aromatic rings. The lowest BCUT2D eigenvalue weighted by Gasteiger charge is -2.03. The molecule has 0 aromatic carbocycles. The second-order valence-corrected chi connectivity index (χ2v) is 6.51. The number of hydrogen-bond donors (Lipinski definition) is 0. The molecular weight excluding hydrogens is 306 g/mol. The van der Waals surface area contributed by atoms with E-state index in [4.69, 9.17) is 15.6 Å². The normalized spacial score (nSPS) is 22.2. The minimum Gasteiger partial charge on any atom is -0.461 e. The van der Waals surface area contributed by atoms with E-state index in [0.29, 0.717) is 17.9 Å². The lowest BCUT2D eigenvalue weighted by Crippen LogP contribution is -2.10. The number of nitrogens with zero attached hydrogens (tertiary/aromatic N) is 1. The van der Waals surface area contributed by atoms with Crippen LogP contribution in [0.3, 0.4) is 0 Å². The highest BCUT2D eigenvalue weighted by Gasteiger charge is 2.61. The van der Waals surface area contributed by atoms with Crippen LogP contribution in [0.25, 0.3) is 0 Å². The van der Waals surface area contributed by atoms with Gasteiger partial charge in [-0.3, -0.25) is 4.79 Å². The van der Waals surface area contributed by atoms with E-state index in [9.17, 15) is 4.79 Å². The number of carbonyl (C=O) groups is 1. The molecule has 2 rings (SSSR count). The van der Waals surface area contributed by atoms with E-state index in [-0.39, 0.29) is 29.8 Å². The Hall–Kier alpha value is -2.48. The fourth-order valence-corrected chi connectivity index (χ4v) is 2.83. The maximum Gasteiger partial charge on any atom is 0.310 e. The number of hydrogen-bond acceptors (Lipinski definition) is 5. The lowest BCUT2D eigenvalue weighted by atomic mass is 10.1. The molecule has 24 heavy (non-hydrogen) atoms. The number of ether oxygens (including phenoxy) is 1. The van der Waals surface area contributed by atoms with Gasteiger partial charge in [0.25, 0.3) is 0 Å². The van der Waals surface area contributed by atoms with E-state index in [1.165, 1.54) is 7.11 Å². The van der Waals surface area contributed by atoms with Crippen molar-refractivity contribution in [2.45, 2.75) is 33.8 Å². The number of esters is 1. The smallest absolute Gasteiger partial charge is 0.310 e. The minimum absolute atomic E-state index is 0.122. The highest BCUT2D eigenvalue weighted by Crippen LogP contribution is 2.59. The van der Waals surface area contributed by atoms with Gasteiger partial charge in [-0.15, -0.1) is 6.42 Å². The molecule has 0 saturated heterocycles. The molecule has 0 amide bonds. The quantitative estimate of drug-likeness (QED) is 0.333. The van der Waals surface area contributed by atoms with Crippen LogP contribution in [0.4, 0.5) is 0 Å². The molecule has 2 atom stereocenters. The fraction of sp³-hybridized carbons (Fsp3) is 0.474. The molecule has 1 aromatic heterocycles. The van der Waals surface area contributed by atoms with Crippen molar-refractivity contribution >= 4 is 12.2 Å². The summed E-state index contributed by atoms with van der Waals surface area (Å²) < 4.78 is 10.9. The molecule has 0 N–H and O–H groups in total. The molecule has 128 valence electrons. The summed E-state index contributed by atoms with van der Waals surface area (Å²) in [5.74, 6) is 3.56. The van der Waals surface area contributed by atoms with E-state index < -0.39 is 0 Å². The van der Waals surface area contributed by atoms with Gasteiger partial charge in [0.15, 0.2) is 0 Å². The first-order valence-electron chi connectivity index (χ1n) is 7.82. The number of allylic oxidation sites excluding steroid dienone is 2. The van der Waals surface area contributed by atoms with Crippen molar-refractivity contribution in [1.29, 1.82) is 0 Å². The highest BCUT2D eigenvalue weighted by atomic mass is 16.6. The van der Waals surface area contributed by atoms with Gasteiger partial charge in [-0.2, -0.15) is 0 Å². The molecule has 0 unspecified atom stereocenters. The summed E-state index contributed by atoms with van der Waals surface area (Å²) >= 11 is 0. The van der Waals surface area contributed by atoms with E-state index >= 15 is 0 Å². The maximum absolute atomic E-state index is 12.3. The van der Waals surface area contributed by atoms with E-state index in [1.807, 2.05) is 13.0 Å². The molecule has 1 fully saturated rings. The molecule has 0 radical (unpaired) electrons. The molecule has 1 aliphatic carbocycles. The number of terminal acetylenes is 1. The summed E-state index contributed by atoms with van der Waals surface area (Å²) in [6.45, 7) is 6.16. The number of oxime groups is 1. The first kappa shape index (κ1) is 17.9. The Morgan fingerprint density at radius 1 is 1.46 bits per heavy atom. The third-order valence-electron chi connectivity index (χ3n) is 4.32. The molecule has 0 spiro atoms. The Morgan fingerprint density at radius 2 is 2.17 bits per heavy atom. The van der Waals surface area contributed by atoms with Crippen LogP contribution in [0, 0.1) is 29.6 Å². The molecule has 1 heterocycles. The Kier molecular flexibility index (Phi) is 5.50. The topological polar surface area (TPSA) is 61.0 Å². The summed E-state index contributed by atoms with van der Waals surface area (Å²) in [6, 6.07) is 3.58. The number of carbonyl (C=O) groups excluding carboxylic acids is 1. The van der Waals surface area contributed by atoms with Crippen molar-refractivity contribution < 1.29 is 18.8 Å². The van der Waals surface area contributed by atoms with Gasteiger partial charge in [-0.1, -0.05) is 31.0 Å². The standard InChI is InChI=1S/C19H23NO4/c1-6-7-14-8-9-15(24-14)12-23-18(21)17-16(19(17,3)4)10-13(2)11-20-22-5/h1,8-11,16-17H,7,12H2,2-5H3/t16-,17+/m1/s1. The van der Waals surface area contributed by atoms with Crippen LogP contribution in [-0.4, -0.2) is 19.3 Å². The van der Waals surface area contributed by atoms with Gasteiger partial charge in [-0.25, -0.2) is 0 Å². The van der Waals surface area contributed by atoms with Crippen molar-refractivity contribution in [3.8, 4) is 12.3 Å². The minimum atomic E-state index is -0.215. The SMILES string of the molecule is C#CCc1ccc(COC(=O)[C@@H]2[C@@H](C=C(C)C=NOC)C2(C)C)o1. The zero-order valence-electron chi connectivity index (χ0n) is 14.5. The Bertz CT molecular complexity index is 690. The van der Waals surface area contributed by atoms with Crippen LogP contribution in [0.15, 0.2) is 33.4 Å². The molecular formula is C19H23NO4. The fourth-order valence-electron chi connectivity index (χ4n) is 2.83. The Morgan fingerprint density at radius 3 is 2.83 bits per heavy atom. The van der Waals surface area contributed by atoms with Gasteiger partial charge in [0.2, 0.25) is 0 Å². The van der Waals surface area contributed by atoms with Gasteiger partial charge in [0.1, 0.15) is 25.2 Å².